The molecule has 2 aromatic heterocycles. The van der Waals surface area contributed by atoms with Gasteiger partial charge in [-0.2, -0.15) is 10.1 Å². The minimum atomic E-state index is -0.357. The van der Waals surface area contributed by atoms with Gasteiger partial charge in [0.1, 0.15) is 11.0 Å². The third-order valence-corrected chi connectivity index (χ3v) is 5.59. The fourth-order valence-electron chi connectivity index (χ4n) is 3.39. The molecule has 0 bridgehead atoms. The van der Waals surface area contributed by atoms with Gasteiger partial charge in [0.2, 0.25) is 5.95 Å². The van der Waals surface area contributed by atoms with Crippen LogP contribution in [0.25, 0.3) is 11.0 Å². The van der Waals surface area contributed by atoms with Crippen LogP contribution in [0.15, 0.2) is 12.1 Å². The smallest absolute Gasteiger partial charge is 0.225 e. The number of hydrogen-bond acceptors (Lipinski definition) is 8. The van der Waals surface area contributed by atoms with Gasteiger partial charge in [-0.25, -0.2) is 4.98 Å². The Kier molecular flexibility index (Phi) is 7.30. The Labute approximate surface area is 192 Å². The van der Waals surface area contributed by atoms with Crippen molar-refractivity contribution in [3.05, 3.63) is 28.4 Å². The van der Waals surface area contributed by atoms with Crippen LogP contribution in [-0.4, -0.2) is 47.7 Å². The van der Waals surface area contributed by atoms with Crippen molar-refractivity contribution in [1.29, 1.82) is 0 Å². The lowest BCUT2D eigenvalue weighted by atomic mass is 10.1. The number of aromatic nitrogens is 4. The van der Waals surface area contributed by atoms with Crippen LogP contribution in [0.4, 0.5) is 11.8 Å². The molecule has 0 aliphatic carbocycles. The lowest BCUT2D eigenvalue weighted by molar-refractivity contribution is 0.271. The van der Waals surface area contributed by atoms with Gasteiger partial charge in [0.05, 0.1) is 23.4 Å². The van der Waals surface area contributed by atoms with E-state index in [1.54, 1.807) is 6.07 Å². The van der Waals surface area contributed by atoms with Crippen molar-refractivity contribution in [3.63, 3.8) is 0 Å². The molecule has 2 heterocycles. The van der Waals surface area contributed by atoms with Crippen LogP contribution in [0.2, 0.25) is 5.02 Å². The normalized spacial score (nSPS) is 12.7. The molecule has 0 radical (unpaired) electrons. The molecule has 3 aromatic rings. The van der Waals surface area contributed by atoms with E-state index in [1.165, 1.54) is 6.07 Å². The van der Waals surface area contributed by atoms with Gasteiger partial charge in [-0.15, -0.1) is 0 Å². The van der Waals surface area contributed by atoms with Gasteiger partial charge in [0.25, 0.3) is 0 Å². The first-order chi connectivity index (χ1) is 15.2. The number of aliphatic hydroxyl groups is 1. The van der Waals surface area contributed by atoms with Crippen molar-refractivity contribution < 1.29 is 15.3 Å². The number of rotatable bonds is 9. The number of anilines is 2. The Hall–Kier alpha value is -2.78. The van der Waals surface area contributed by atoms with Crippen molar-refractivity contribution in [2.24, 2.45) is 0 Å². The molecule has 9 nitrogen and oxygen atoms in total. The van der Waals surface area contributed by atoms with E-state index in [1.807, 2.05) is 25.5 Å². The molecule has 174 valence electrons. The molecule has 10 heteroatoms. The predicted molar refractivity (Wildman–Crippen MR) is 127 cm³/mol. The molecule has 3 rings (SSSR count). The molecule has 5 N–H and O–H groups in total. The number of hydrogen-bond donors (Lipinski definition) is 5. The molecular formula is C22H31ClN6O3. The minimum absolute atomic E-state index is 0.0408. The summed E-state index contributed by atoms with van der Waals surface area (Å²) in [5.41, 5.74) is 2.80. The van der Waals surface area contributed by atoms with Gasteiger partial charge in [-0.1, -0.05) is 38.4 Å². The maximum absolute atomic E-state index is 10.3. The Morgan fingerprint density at radius 2 is 1.81 bits per heavy atom. The second-order valence-corrected chi connectivity index (χ2v) is 8.77. The highest BCUT2D eigenvalue weighted by Crippen LogP contribution is 2.37. The third-order valence-electron chi connectivity index (χ3n) is 5.29. The van der Waals surface area contributed by atoms with E-state index in [4.69, 9.17) is 21.7 Å². The second-order valence-electron chi connectivity index (χ2n) is 8.36. The standard InChI is InChI=1S/C22H31ClN6O3/c1-6-14(10-30)25-22-26-17-16(11(2)3)28-29(12(4)5)18(17)21(27-22)24-9-13-7-8-15(23)20(32)19(13)31/h7-8,11-12,14,30-32H,6,9-10H2,1-5H3,(H2,24,25,26,27). The summed E-state index contributed by atoms with van der Waals surface area (Å²) in [6.07, 6.45) is 0.709. The molecule has 0 aliphatic rings. The highest BCUT2D eigenvalue weighted by molar-refractivity contribution is 6.32. The predicted octanol–water partition coefficient (Wildman–Crippen LogP) is 4.39. The number of benzene rings is 1. The summed E-state index contributed by atoms with van der Waals surface area (Å²) in [6.45, 7) is 10.3. The Morgan fingerprint density at radius 3 is 2.41 bits per heavy atom. The Balaban J connectivity index is 2.12. The van der Waals surface area contributed by atoms with E-state index in [0.717, 1.165) is 16.7 Å². The number of aromatic hydroxyl groups is 2. The van der Waals surface area contributed by atoms with Gasteiger partial charge in [0, 0.05) is 18.2 Å². The first-order valence-electron chi connectivity index (χ1n) is 10.8. The largest absolute Gasteiger partial charge is 0.504 e. The van der Waals surface area contributed by atoms with Crippen LogP contribution in [0.1, 0.15) is 64.3 Å². The van der Waals surface area contributed by atoms with E-state index < -0.39 is 0 Å². The quantitative estimate of drug-likeness (QED) is 0.296. The van der Waals surface area contributed by atoms with E-state index >= 15 is 0 Å². The molecular weight excluding hydrogens is 432 g/mol. The lowest BCUT2D eigenvalue weighted by Crippen LogP contribution is -2.24. The van der Waals surface area contributed by atoms with E-state index in [0.29, 0.717) is 23.8 Å². The number of phenols is 2. The molecule has 0 saturated carbocycles. The Morgan fingerprint density at radius 1 is 1.09 bits per heavy atom. The van der Waals surface area contributed by atoms with Gasteiger partial charge >= 0.3 is 0 Å². The summed E-state index contributed by atoms with van der Waals surface area (Å²) >= 11 is 5.87. The average Bonchev–Trinajstić information content (AvgIpc) is 3.15. The maximum Gasteiger partial charge on any atom is 0.225 e. The number of nitrogens with one attached hydrogen (secondary N) is 2. The highest BCUT2D eigenvalue weighted by atomic mass is 35.5. The molecule has 1 atom stereocenters. The van der Waals surface area contributed by atoms with Crippen LogP contribution < -0.4 is 10.6 Å². The Bertz CT molecular complexity index is 1100. The van der Waals surface area contributed by atoms with Crippen LogP contribution in [0.3, 0.4) is 0 Å². The van der Waals surface area contributed by atoms with Crippen LogP contribution in [0, 0.1) is 0 Å². The summed E-state index contributed by atoms with van der Waals surface area (Å²) in [5.74, 6) is 0.427. The molecule has 0 spiro atoms. The van der Waals surface area contributed by atoms with Crippen molar-refractivity contribution in [2.75, 3.05) is 17.2 Å². The number of halogens is 1. The first-order valence-corrected chi connectivity index (χ1v) is 11.2. The number of aliphatic hydroxyl groups excluding tert-OH is 1. The SMILES string of the molecule is CCC(CO)Nc1nc(NCc2ccc(Cl)c(O)c2O)c2c(n1)c(C(C)C)nn2C(C)C. The van der Waals surface area contributed by atoms with Crippen molar-refractivity contribution >= 4 is 34.4 Å². The lowest BCUT2D eigenvalue weighted by Gasteiger charge is -2.17. The number of nitrogens with zero attached hydrogens (tertiary/aromatic N) is 4. The summed E-state index contributed by atoms with van der Waals surface area (Å²) < 4.78 is 1.89. The second kappa shape index (κ2) is 9.79. The fourth-order valence-corrected chi connectivity index (χ4v) is 3.54. The van der Waals surface area contributed by atoms with Crippen LogP contribution >= 0.6 is 11.6 Å². The molecule has 1 aromatic carbocycles. The summed E-state index contributed by atoms with van der Waals surface area (Å²) in [5, 5.41) is 41.1. The highest BCUT2D eigenvalue weighted by Gasteiger charge is 2.23. The molecule has 0 saturated heterocycles. The van der Waals surface area contributed by atoms with E-state index in [2.05, 4.69) is 29.5 Å². The van der Waals surface area contributed by atoms with Crippen LogP contribution in [-0.2, 0) is 6.54 Å². The summed E-state index contributed by atoms with van der Waals surface area (Å²) in [6, 6.07) is 3.06. The topological polar surface area (TPSA) is 128 Å². The van der Waals surface area contributed by atoms with Crippen LogP contribution in [0.5, 0.6) is 11.5 Å². The molecule has 1 unspecified atom stereocenters. The molecule has 0 fully saturated rings. The van der Waals surface area contributed by atoms with E-state index in [9.17, 15) is 15.3 Å². The molecule has 0 aliphatic heterocycles. The van der Waals surface area contributed by atoms with Crippen molar-refractivity contribution in [1.82, 2.24) is 19.7 Å². The van der Waals surface area contributed by atoms with Gasteiger partial charge < -0.3 is 26.0 Å². The van der Waals surface area contributed by atoms with Gasteiger partial charge in [-0.05, 0) is 32.3 Å². The van der Waals surface area contributed by atoms with Crippen molar-refractivity contribution in [3.8, 4) is 11.5 Å². The third kappa shape index (κ3) is 4.68. The number of fused-ring (bicyclic) bond motifs is 1. The van der Waals surface area contributed by atoms with E-state index in [-0.39, 0.29) is 47.7 Å². The molecule has 0 amide bonds. The summed E-state index contributed by atoms with van der Waals surface area (Å²) in [4.78, 5) is 9.39. The minimum Gasteiger partial charge on any atom is -0.504 e. The fraction of sp³-hybridized carbons (Fsp3) is 0.500. The zero-order valence-electron chi connectivity index (χ0n) is 19.0. The zero-order valence-corrected chi connectivity index (χ0v) is 19.8. The zero-order chi connectivity index (χ0) is 23.6. The van der Waals surface area contributed by atoms with Gasteiger partial charge in [0.15, 0.2) is 17.3 Å². The number of phenolic OH excluding ortho intramolecular Hbond substituents is 2. The van der Waals surface area contributed by atoms with Gasteiger partial charge in [-0.3, -0.25) is 4.68 Å². The molecule has 32 heavy (non-hydrogen) atoms. The summed E-state index contributed by atoms with van der Waals surface area (Å²) in [7, 11) is 0. The average molecular weight is 463 g/mol. The van der Waals surface area contributed by atoms with Crippen molar-refractivity contribution in [2.45, 2.75) is 65.6 Å². The first kappa shape index (κ1) is 23.9. The maximum atomic E-state index is 10.3. The monoisotopic (exact) mass is 462 g/mol.